The van der Waals surface area contributed by atoms with E-state index in [0.717, 1.165) is 59.0 Å². The van der Waals surface area contributed by atoms with Crippen LogP contribution >= 0.6 is 0 Å². The molecule has 0 N–H and O–H groups in total. The molecule has 5 nitrogen and oxygen atoms in total. The second-order valence-corrected chi connectivity index (χ2v) is 12.5. The topological polar surface area (TPSA) is 44.9 Å². The number of ether oxygens (including phenoxy) is 1. The van der Waals surface area contributed by atoms with Gasteiger partial charge < -0.3 is 4.74 Å². The van der Waals surface area contributed by atoms with Crippen LogP contribution in [0.25, 0.3) is 44.4 Å². The number of pyridine rings is 1. The number of hydrogen-bond acceptors (Lipinski definition) is 3. The fourth-order valence-electron chi connectivity index (χ4n) is 6.98. The minimum Gasteiger partial charge on any atom is -0.457 e. The van der Waals surface area contributed by atoms with Gasteiger partial charge in [0.1, 0.15) is 17.3 Å². The average Bonchev–Trinajstić information content (AvgIpc) is 3.53. The highest BCUT2D eigenvalue weighted by atomic mass is 16.5. The van der Waals surface area contributed by atoms with Crippen molar-refractivity contribution in [3.8, 4) is 34.1 Å². The number of hydrogen-bond donors (Lipinski definition) is 0. The maximum atomic E-state index is 6.58. The molecule has 0 saturated carbocycles. The maximum Gasteiger partial charge on any atom is 0.137 e. The first-order valence-electron chi connectivity index (χ1n) is 16.2. The van der Waals surface area contributed by atoms with Crippen molar-refractivity contribution in [1.29, 1.82) is 0 Å². The van der Waals surface area contributed by atoms with Gasteiger partial charge in [0.2, 0.25) is 0 Å². The largest absolute Gasteiger partial charge is 0.457 e. The number of para-hydroxylation sites is 1. The Kier molecular flexibility index (Phi) is 7.69. The summed E-state index contributed by atoms with van der Waals surface area (Å²) in [7, 11) is 0. The molecule has 0 radical (unpaired) electrons. The van der Waals surface area contributed by atoms with E-state index in [1.807, 2.05) is 18.3 Å². The first-order chi connectivity index (χ1) is 22.3. The lowest BCUT2D eigenvalue weighted by molar-refractivity contribution is 0.482. The Morgan fingerprint density at radius 2 is 1.43 bits per heavy atom. The van der Waals surface area contributed by atoms with Crippen molar-refractivity contribution in [3.63, 3.8) is 0 Å². The molecule has 5 heteroatoms. The minimum atomic E-state index is 0.770. The molecule has 0 aliphatic heterocycles. The summed E-state index contributed by atoms with van der Waals surface area (Å²) in [6, 6.07) is 31.8. The molecule has 0 saturated heterocycles. The van der Waals surface area contributed by atoms with Crippen LogP contribution in [-0.2, 0) is 6.42 Å². The zero-order chi connectivity index (χ0) is 31.9. The molecule has 230 valence electrons. The van der Waals surface area contributed by atoms with Crippen LogP contribution in [0.15, 0.2) is 97.2 Å². The molecule has 0 spiro atoms. The van der Waals surface area contributed by atoms with Crippen LogP contribution in [0, 0.1) is 34.6 Å². The van der Waals surface area contributed by atoms with Gasteiger partial charge >= 0.3 is 0 Å². The van der Waals surface area contributed by atoms with Gasteiger partial charge in [0, 0.05) is 34.7 Å². The van der Waals surface area contributed by atoms with Crippen molar-refractivity contribution in [2.75, 3.05) is 0 Å². The van der Waals surface area contributed by atoms with Gasteiger partial charge in [0.25, 0.3) is 0 Å². The first kappa shape index (κ1) is 29.5. The maximum absolute atomic E-state index is 6.58. The Labute approximate surface area is 271 Å². The van der Waals surface area contributed by atoms with Crippen molar-refractivity contribution in [2.24, 2.45) is 0 Å². The number of aryl methyl sites for hydroxylation is 5. The Balaban J connectivity index is 1.30. The standard InChI is InChI=1S/C41H40N4O/c1-7-8-15-37-41(40-28(4)21-27(3)22-29(40)5)30(6)43-45(37)31-12-11-13-32(24-31)46-33-17-18-35-34-14-9-10-16-36(34)44(38(35)25-33)39-23-26(2)19-20-42-39/h9-14,16-25H,7-8,15H2,1-6H3. The summed E-state index contributed by atoms with van der Waals surface area (Å²) in [4.78, 5) is 4.73. The molecule has 4 aromatic carbocycles. The van der Waals surface area contributed by atoms with E-state index in [2.05, 4.69) is 130 Å². The number of benzene rings is 4. The molecule has 46 heavy (non-hydrogen) atoms. The van der Waals surface area contributed by atoms with Gasteiger partial charge in [-0.2, -0.15) is 5.10 Å². The molecule has 0 fully saturated rings. The van der Waals surface area contributed by atoms with E-state index in [1.54, 1.807) is 0 Å². The van der Waals surface area contributed by atoms with Crippen molar-refractivity contribution in [3.05, 3.63) is 131 Å². The second kappa shape index (κ2) is 12.0. The zero-order valence-corrected chi connectivity index (χ0v) is 27.6. The summed E-state index contributed by atoms with van der Waals surface area (Å²) in [5.41, 5.74) is 13.1. The van der Waals surface area contributed by atoms with Crippen molar-refractivity contribution < 1.29 is 4.74 Å². The van der Waals surface area contributed by atoms with Crippen LogP contribution in [-0.4, -0.2) is 19.3 Å². The number of rotatable bonds is 8. The van der Waals surface area contributed by atoms with Crippen LogP contribution in [0.1, 0.15) is 53.4 Å². The average molecular weight is 605 g/mol. The lowest BCUT2D eigenvalue weighted by Gasteiger charge is -2.15. The third-order valence-electron chi connectivity index (χ3n) is 8.92. The highest BCUT2D eigenvalue weighted by molar-refractivity contribution is 6.09. The van der Waals surface area contributed by atoms with E-state index >= 15 is 0 Å². The van der Waals surface area contributed by atoms with Gasteiger partial charge in [-0.3, -0.25) is 4.57 Å². The molecular formula is C41H40N4O. The van der Waals surface area contributed by atoms with E-state index in [0.29, 0.717) is 0 Å². The van der Waals surface area contributed by atoms with E-state index < -0.39 is 0 Å². The monoisotopic (exact) mass is 604 g/mol. The van der Waals surface area contributed by atoms with Crippen LogP contribution in [0.3, 0.4) is 0 Å². The quantitative estimate of drug-likeness (QED) is 0.173. The zero-order valence-electron chi connectivity index (χ0n) is 27.6. The van der Waals surface area contributed by atoms with E-state index in [1.165, 1.54) is 49.8 Å². The Morgan fingerprint density at radius 1 is 0.674 bits per heavy atom. The predicted octanol–water partition coefficient (Wildman–Crippen LogP) is 10.7. The Morgan fingerprint density at radius 3 is 2.22 bits per heavy atom. The summed E-state index contributed by atoms with van der Waals surface area (Å²) in [6.07, 6.45) is 5.05. The summed E-state index contributed by atoms with van der Waals surface area (Å²) >= 11 is 0. The summed E-state index contributed by atoms with van der Waals surface area (Å²) < 4.78 is 10.9. The van der Waals surface area contributed by atoms with Crippen LogP contribution in [0.5, 0.6) is 11.5 Å². The van der Waals surface area contributed by atoms with E-state index in [-0.39, 0.29) is 0 Å². The molecular weight excluding hydrogens is 564 g/mol. The molecule has 0 amide bonds. The molecule has 3 heterocycles. The number of unbranched alkanes of at least 4 members (excludes halogenated alkanes) is 1. The van der Waals surface area contributed by atoms with Gasteiger partial charge in [-0.15, -0.1) is 0 Å². The fraction of sp³-hybridized carbons (Fsp3) is 0.220. The van der Waals surface area contributed by atoms with Gasteiger partial charge in [-0.1, -0.05) is 55.3 Å². The molecule has 3 aromatic heterocycles. The normalized spacial score (nSPS) is 11.5. The second-order valence-electron chi connectivity index (χ2n) is 12.5. The highest BCUT2D eigenvalue weighted by Crippen LogP contribution is 2.38. The lowest BCUT2D eigenvalue weighted by atomic mass is 9.91. The number of nitrogens with zero attached hydrogens (tertiary/aromatic N) is 4. The van der Waals surface area contributed by atoms with Crippen molar-refractivity contribution in [1.82, 2.24) is 19.3 Å². The van der Waals surface area contributed by atoms with Crippen molar-refractivity contribution in [2.45, 2.75) is 60.8 Å². The van der Waals surface area contributed by atoms with Crippen LogP contribution in [0.2, 0.25) is 0 Å². The molecule has 0 unspecified atom stereocenters. The molecule has 0 bridgehead atoms. The van der Waals surface area contributed by atoms with E-state index in [9.17, 15) is 0 Å². The SMILES string of the molecule is CCCCc1c(-c2c(C)cc(C)cc2C)c(C)nn1-c1cccc(Oc2ccc3c4ccccc4n(-c4cc(C)ccn4)c3c2)c1. The predicted molar refractivity (Wildman–Crippen MR) is 190 cm³/mol. The molecule has 0 aliphatic carbocycles. The third-order valence-corrected chi connectivity index (χ3v) is 8.92. The van der Waals surface area contributed by atoms with Gasteiger partial charge in [0.05, 0.1) is 28.1 Å². The molecule has 0 atom stereocenters. The summed E-state index contributed by atoms with van der Waals surface area (Å²) in [6.45, 7) is 13.1. The minimum absolute atomic E-state index is 0.770. The molecule has 0 aliphatic rings. The highest BCUT2D eigenvalue weighted by Gasteiger charge is 2.21. The lowest BCUT2D eigenvalue weighted by Crippen LogP contribution is -2.04. The van der Waals surface area contributed by atoms with Gasteiger partial charge in [-0.05, 0) is 112 Å². The number of aromatic nitrogens is 4. The summed E-state index contributed by atoms with van der Waals surface area (Å²) in [5.74, 6) is 2.44. The van der Waals surface area contributed by atoms with E-state index in [4.69, 9.17) is 14.8 Å². The van der Waals surface area contributed by atoms with Crippen molar-refractivity contribution >= 4 is 21.8 Å². The third kappa shape index (κ3) is 5.26. The van der Waals surface area contributed by atoms with Crippen LogP contribution in [0.4, 0.5) is 0 Å². The smallest absolute Gasteiger partial charge is 0.137 e. The first-order valence-corrected chi connectivity index (χ1v) is 16.2. The fourth-order valence-corrected chi connectivity index (χ4v) is 6.98. The summed E-state index contributed by atoms with van der Waals surface area (Å²) in [5, 5.41) is 7.49. The Hall–Kier alpha value is -5.16. The Bertz CT molecular complexity index is 2210. The molecule has 7 aromatic rings. The number of fused-ring (bicyclic) bond motifs is 3. The molecule has 7 rings (SSSR count). The van der Waals surface area contributed by atoms with Crippen LogP contribution < -0.4 is 4.74 Å². The van der Waals surface area contributed by atoms with Gasteiger partial charge in [0.15, 0.2) is 0 Å². The van der Waals surface area contributed by atoms with Gasteiger partial charge in [-0.25, -0.2) is 9.67 Å².